The van der Waals surface area contributed by atoms with E-state index in [1.165, 1.54) is 12.1 Å². The van der Waals surface area contributed by atoms with Gasteiger partial charge in [-0.1, -0.05) is 6.07 Å². The van der Waals surface area contributed by atoms with E-state index < -0.39 is 42.6 Å². The van der Waals surface area contributed by atoms with Crippen molar-refractivity contribution < 1.29 is 27.8 Å². The van der Waals surface area contributed by atoms with Crippen LogP contribution in [-0.2, 0) is 4.79 Å². The molecule has 5 unspecified atom stereocenters. The lowest BCUT2D eigenvalue weighted by atomic mass is 9.94. The zero-order valence-electron chi connectivity index (χ0n) is 16.7. The number of fused-ring (bicyclic) bond motifs is 1. The minimum atomic E-state index is -3.11. The molecule has 3 aliphatic rings. The molecule has 166 valence electrons. The number of nitrogens with one attached hydrogen (secondary N) is 3. The molecule has 5 atom stereocenters. The lowest BCUT2D eigenvalue weighted by molar-refractivity contribution is -0.134. The highest BCUT2D eigenvalue weighted by molar-refractivity contribution is 5.81. The molecule has 3 fully saturated rings. The van der Waals surface area contributed by atoms with Crippen LogP contribution in [0.3, 0.4) is 0 Å². The van der Waals surface area contributed by atoms with Gasteiger partial charge in [-0.15, -0.1) is 0 Å². The van der Waals surface area contributed by atoms with E-state index >= 15 is 0 Å². The van der Waals surface area contributed by atoms with Gasteiger partial charge in [-0.3, -0.25) is 15.0 Å². The van der Waals surface area contributed by atoms with Crippen LogP contribution < -0.4 is 20.8 Å². The van der Waals surface area contributed by atoms with Gasteiger partial charge >= 0.3 is 6.61 Å². The van der Waals surface area contributed by atoms with Crippen molar-refractivity contribution in [2.24, 2.45) is 11.8 Å². The molecule has 0 aromatic heterocycles. The second kappa shape index (κ2) is 8.31. The summed E-state index contributed by atoms with van der Waals surface area (Å²) < 4.78 is 43.6. The normalized spacial score (nSPS) is 30.5. The number of hydrazine groups is 1. The summed E-state index contributed by atoms with van der Waals surface area (Å²) in [6.07, 6.45) is 1.00. The predicted octanol–water partition coefficient (Wildman–Crippen LogP) is 0.566. The Hall–Kier alpha value is -1.92. The summed E-state index contributed by atoms with van der Waals surface area (Å²) in [4.78, 5) is 14.6. The number of aliphatic hydroxyl groups is 1. The molecule has 30 heavy (non-hydrogen) atoms. The second-order valence-electron chi connectivity index (χ2n) is 8.19. The maximum Gasteiger partial charge on any atom is 0.387 e. The molecule has 0 bridgehead atoms. The molecule has 4 N–H and O–H groups in total. The fraction of sp³-hybridized carbons (Fsp3) is 0.632. The molecule has 1 aromatic rings. The van der Waals surface area contributed by atoms with Crippen molar-refractivity contribution in [2.75, 3.05) is 20.7 Å². The van der Waals surface area contributed by atoms with E-state index in [1.807, 2.05) is 24.0 Å². The van der Waals surface area contributed by atoms with Crippen LogP contribution >= 0.6 is 0 Å². The van der Waals surface area contributed by atoms with Gasteiger partial charge in [0.15, 0.2) is 11.6 Å². The number of hydrogen-bond donors (Lipinski definition) is 4. The van der Waals surface area contributed by atoms with Gasteiger partial charge in [0, 0.05) is 0 Å². The summed E-state index contributed by atoms with van der Waals surface area (Å²) in [5, 5.41) is 18.0. The average Bonchev–Trinajstić information content (AvgIpc) is 3.44. The Kier molecular flexibility index (Phi) is 5.90. The molecule has 2 aliphatic heterocycles. The number of halogens is 3. The number of nitrogens with zero attached hydrogens (tertiary/aromatic N) is 2. The molecule has 2 saturated heterocycles. The van der Waals surface area contributed by atoms with Gasteiger partial charge in [-0.2, -0.15) is 8.78 Å². The van der Waals surface area contributed by atoms with Crippen LogP contribution in [0.25, 0.3) is 0 Å². The maximum atomic E-state index is 14.4. The molecule has 1 aliphatic carbocycles. The van der Waals surface area contributed by atoms with Crippen molar-refractivity contribution in [1.82, 2.24) is 26.0 Å². The topological polar surface area (TPSA) is 89.1 Å². The monoisotopic (exact) mass is 429 g/mol. The van der Waals surface area contributed by atoms with Crippen molar-refractivity contribution >= 4 is 5.91 Å². The first-order valence-electron chi connectivity index (χ1n) is 9.92. The van der Waals surface area contributed by atoms with Crippen molar-refractivity contribution in [3.63, 3.8) is 0 Å². The van der Waals surface area contributed by atoms with Crippen LogP contribution in [0.4, 0.5) is 13.2 Å². The quantitative estimate of drug-likeness (QED) is 0.504. The number of benzene rings is 1. The van der Waals surface area contributed by atoms with E-state index in [1.54, 1.807) is 6.07 Å². The highest BCUT2D eigenvalue weighted by Gasteiger charge is 2.53. The Labute approximate surface area is 172 Å². The van der Waals surface area contributed by atoms with Crippen LogP contribution in [0.1, 0.15) is 24.4 Å². The molecule has 1 aromatic carbocycles. The third-order valence-electron chi connectivity index (χ3n) is 5.89. The number of hydrogen-bond acceptors (Lipinski definition) is 7. The van der Waals surface area contributed by atoms with Gasteiger partial charge in [0.05, 0.1) is 30.8 Å². The second-order valence-corrected chi connectivity index (χ2v) is 8.19. The van der Waals surface area contributed by atoms with Gasteiger partial charge < -0.3 is 15.2 Å². The van der Waals surface area contributed by atoms with Crippen molar-refractivity contribution in [3.8, 4) is 5.75 Å². The SMILES string of the molecule is CN(C)C1NC(=O)C2C(CO)NN(C(c3ccc(OC(F)F)c(F)c3)C3CC3)C2N1. The van der Waals surface area contributed by atoms with Gasteiger partial charge in [0.1, 0.15) is 6.29 Å². The van der Waals surface area contributed by atoms with E-state index in [4.69, 9.17) is 0 Å². The van der Waals surface area contributed by atoms with Crippen LogP contribution in [0, 0.1) is 17.7 Å². The van der Waals surface area contributed by atoms with Crippen LogP contribution in [0.2, 0.25) is 0 Å². The van der Waals surface area contributed by atoms with Gasteiger partial charge in [-0.25, -0.2) is 14.8 Å². The molecule has 2 heterocycles. The first-order valence-corrected chi connectivity index (χ1v) is 9.92. The molecule has 0 spiro atoms. The molecular weight excluding hydrogens is 403 g/mol. The van der Waals surface area contributed by atoms with E-state index in [0.29, 0.717) is 5.56 Å². The minimum Gasteiger partial charge on any atom is -0.432 e. The molecule has 4 rings (SSSR count). The Morgan fingerprint density at radius 3 is 2.63 bits per heavy atom. The Bertz CT molecular complexity index is 795. The smallest absolute Gasteiger partial charge is 0.387 e. The van der Waals surface area contributed by atoms with Gasteiger partial charge in [-0.05, 0) is 50.6 Å². The largest absolute Gasteiger partial charge is 0.432 e. The summed E-state index contributed by atoms with van der Waals surface area (Å²) in [6, 6.07) is 3.17. The zero-order chi connectivity index (χ0) is 21.6. The van der Waals surface area contributed by atoms with E-state index in [0.717, 1.165) is 12.8 Å². The van der Waals surface area contributed by atoms with Crippen molar-refractivity contribution in [1.29, 1.82) is 0 Å². The predicted molar refractivity (Wildman–Crippen MR) is 100 cm³/mol. The fourth-order valence-corrected chi connectivity index (χ4v) is 4.34. The molecule has 8 nitrogen and oxygen atoms in total. The third kappa shape index (κ3) is 4.00. The summed E-state index contributed by atoms with van der Waals surface area (Å²) in [6.45, 7) is -3.35. The van der Waals surface area contributed by atoms with Crippen LogP contribution in [0.5, 0.6) is 5.75 Å². The zero-order valence-corrected chi connectivity index (χ0v) is 16.7. The lowest BCUT2D eigenvalue weighted by Crippen LogP contribution is -2.68. The van der Waals surface area contributed by atoms with Gasteiger partial charge in [0.25, 0.3) is 0 Å². The summed E-state index contributed by atoms with van der Waals surface area (Å²) in [5.41, 5.74) is 3.82. The van der Waals surface area contributed by atoms with Crippen LogP contribution in [-0.4, -0.2) is 66.7 Å². The van der Waals surface area contributed by atoms with Crippen LogP contribution in [0.15, 0.2) is 18.2 Å². The molecular formula is C19H26F3N5O3. The maximum absolute atomic E-state index is 14.4. The highest BCUT2D eigenvalue weighted by atomic mass is 19.3. The highest BCUT2D eigenvalue weighted by Crippen LogP contribution is 2.47. The summed E-state index contributed by atoms with van der Waals surface area (Å²) >= 11 is 0. The Balaban J connectivity index is 1.65. The van der Waals surface area contributed by atoms with E-state index in [9.17, 15) is 23.1 Å². The fourth-order valence-electron chi connectivity index (χ4n) is 4.34. The minimum absolute atomic E-state index is 0.187. The lowest BCUT2D eigenvalue weighted by Gasteiger charge is -2.42. The number of ether oxygens (including phenoxy) is 1. The molecule has 1 amide bonds. The molecule has 0 radical (unpaired) electrons. The number of amides is 1. The first kappa shape index (κ1) is 21.3. The number of alkyl halides is 2. The number of carbonyl (C=O) groups excluding carboxylic acids is 1. The average molecular weight is 429 g/mol. The van der Waals surface area contributed by atoms with E-state index in [-0.39, 0.29) is 24.5 Å². The molecule has 1 saturated carbocycles. The third-order valence-corrected chi connectivity index (χ3v) is 5.89. The number of carbonyl (C=O) groups is 1. The standard InChI is InChI=1S/C19H26F3N5O3/c1-26(2)19-23-16-14(17(29)24-19)12(8-28)25-27(16)15(9-3-4-9)10-5-6-13(11(20)7-10)30-18(21)22/h5-7,9,12,14-16,18-19,23,25,28H,3-4,8H2,1-2H3,(H,24,29). The Morgan fingerprint density at radius 2 is 2.07 bits per heavy atom. The Morgan fingerprint density at radius 1 is 1.33 bits per heavy atom. The summed E-state index contributed by atoms with van der Waals surface area (Å²) in [5.74, 6) is -1.90. The number of rotatable bonds is 7. The van der Waals surface area contributed by atoms with E-state index in [2.05, 4.69) is 20.8 Å². The van der Waals surface area contributed by atoms with Gasteiger partial charge in [0.2, 0.25) is 5.91 Å². The molecule has 11 heteroatoms. The number of aliphatic hydroxyl groups excluding tert-OH is 1. The first-order chi connectivity index (χ1) is 14.3. The van der Waals surface area contributed by atoms with Crippen molar-refractivity contribution in [3.05, 3.63) is 29.6 Å². The summed E-state index contributed by atoms with van der Waals surface area (Å²) in [7, 11) is 3.65. The van der Waals surface area contributed by atoms with Crippen molar-refractivity contribution in [2.45, 2.75) is 44.0 Å².